The Labute approximate surface area is 109 Å². The maximum atomic E-state index is 5.71. The van der Waals surface area contributed by atoms with Crippen molar-refractivity contribution in [2.45, 2.75) is 13.3 Å². The molecule has 0 radical (unpaired) electrons. The summed E-state index contributed by atoms with van der Waals surface area (Å²) in [6, 6.07) is 8.56. The molecule has 1 aromatic heterocycles. The van der Waals surface area contributed by atoms with Crippen LogP contribution in [0.3, 0.4) is 0 Å². The van der Waals surface area contributed by atoms with Gasteiger partial charge in [-0.15, -0.1) is 0 Å². The summed E-state index contributed by atoms with van der Waals surface area (Å²) in [4.78, 5) is 6.63. The molecule has 18 heavy (non-hydrogen) atoms. The van der Waals surface area contributed by atoms with Gasteiger partial charge in [-0.2, -0.15) is 0 Å². The Balaban J connectivity index is 2.48. The van der Waals surface area contributed by atoms with Crippen LogP contribution in [0.1, 0.15) is 12.6 Å². The molecular weight excluding hydrogens is 222 g/mol. The van der Waals surface area contributed by atoms with Gasteiger partial charge in [0.2, 0.25) is 0 Å². The van der Waals surface area contributed by atoms with Crippen molar-refractivity contribution in [3.8, 4) is 0 Å². The van der Waals surface area contributed by atoms with E-state index in [1.165, 1.54) is 16.5 Å². The summed E-state index contributed by atoms with van der Waals surface area (Å²) in [7, 11) is 4.11. The van der Waals surface area contributed by atoms with Gasteiger partial charge in [-0.05, 0) is 42.5 Å². The summed E-state index contributed by atoms with van der Waals surface area (Å²) >= 11 is 0. The van der Waals surface area contributed by atoms with Crippen molar-refractivity contribution in [1.29, 1.82) is 0 Å². The largest absolute Gasteiger partial charge is 0.378 e. The van der Waals surface area contributed by atoms with Gasteiger partial charge < -0.3 is 10.6 Å². The molecule has 2 N–H and O–H groups in total. The monoisotopic (exact) mass is 243 g/mol. The minimum atomic E-state index is 0.464. The third-order valence-corrected chi connectivity index (χ3v) is 3.29. The van der Waals surface area contributed by atoms with Crippen molar-refractivity contribution in [3.05, 3.63) is 36.2 Å². The third kappa shape index (κ3) is 2.62. The number of aromatic nitrogens is 1. The molecule has 0 spiro atoms. The van der Waals surface area contributed by atoms with Crippen LogP contribution in [0.5, 0.6) is 0 Å². The number of hydrogen-bond acceptors (Lipinski definition) is 3. The first-order valence-corrected chi connectivity index (χ1v) is 6.37. The zero-order valence-electron chi connectivity index (χ0n) is 11.4. The molecule has 1 heterocycles. The van der Waals surface area contributed by atoms with Crippen LogP contribution in [0.2, 0.25) is 0 Å². The first-order valence-electron chi connectivity index (χ1n) is 6.37. The van der Waals surface area contributed by atoms with Gasteiger partial charge in [-0.3, -0.25) is 4.98 Å². The average Bonchev–Trinajstić information content (AvgIpc) is 2.38. The van der Waals surface area contributed by atoms with Crippen molar-refractivity contribution < 1.29 is 0 Å². The van der Waals surface area contributed by atoms with Gasteiger partial charge in [0, 0.05) is 37.1 Å². The second-order valence-corrected chi connectivity index (χ2v) is 5.10. The summed E-state index contributed by atoms with van der Waals surface area (Å²) in [5.41, 5.74) is 8.06. The molecule has 2 aromatic rings. The molecule has 1 aromatic carbocycles. The summed E-state index contributed by atoms with van der Waals surface area (Å²) in [5, 5.41) is 2.49. The van der Waals surface area contributed by atoms with E-state index in [1.807, 2.05) is 6.20 Å². The van der Waals surface area contributed by atoms with Crippen LogP contribution in [0, 0.1) is 5.92 Å². The molecule has 0 amide bonds. The van der Waals surface area contributed by atoms with Crippen molar-refractivity contribution in [3.63, 3.8) is 0 Å². The normalized spacial score (nSPS) is 12.7. The first-order chi connectivity index (χ1) is 8.61. The van der Waals surface area contributed by atoms with Crippen molar-refractivity contribution in [1.82, 2.24) is 4.98 Å². The average molecular weight is 243 g/mol. The summed E-state index contributed by atoms with van der Waals surface area (Å²) in [6.45, 7) is 2.86. The summed E-state index contributed by atoms with van der Waals surface area (Å²) < 4.78 is 0. The Kier molecular flexibility index (Phi) is 3.82. The molecule has 1 unspecified atom stereocenters. The number of nitrogens with two attached hydrogens (primary N) is 1. The highest BCUT2D eigenvalue weighted by Crippen LogP contribution is 2.24. The van der Waals surface area contributed by atoms with Gasteiger partial charge in [0.15, 0.2) is 0 Å². The van der Waals surface area contributed by atoms with E-state index < -0.39 is 0 Å². The standard InChI is InChI=1S/C15H21N3/c1-11(10-16)8-15-14-9-13(18(2)3)5-4-12(14)6-7-17-15/h4-7,9,11H,8,10,16H2,1-3H3. The van der Waals surface area contributed by atoms with Gasteiger partial charge in [-0.25, -0.2) is 0 Å². The molecule has 0 aliphatic rings. The van der Waals surface area contributed by atoms with E-state index >= 15 is 0 Å². The van der Waals surface area contributed by atoms with Crippen LogP contribution in [0.4, 0.5) is 5.69 Å². The van der Waals surface area contributed by atoms with E-state index in [2.05, 4.69) is 55.2 Å². The van der Waals surface area contributed by atoms with Gasteiger partial charge in [0.05, 0.1) is 0 Å². The number of nitrogens with zero attached hydrogens (tertiary/aromatic N) is 2. The maximum absolute atomic E-state index is 5.71. The van der Waals surface area contributed by atoms with E-state index in [0.29, 0.717) is 12.5 Å². The molecule has 0 saturated heterocycles. The quantitative estimate of drug-likeness (QED) is 0.897. The number of anilines is 1. The number of hydrogen-bond donors (Lipinski definition) is 1. The van der Waals surface area contributed by atoms with Crippen LogP contribution in [-0.4, -0.2) is 25.6 Å². The lowest BCUT2D eigenvalue weighted by molar-refractivity contribution is 0.587. The Morgan fingerprint density at radius 1 is 1.28 bits per heavy atom. The second kappa shape index (κ2) is 5.36. The Morgan fingerprint density at radius 2 is 2.06 bits per heavy atom. The number of fused-ring (bicyclic) bond motifs is 1. The fourth-order valence-electron chi connectivity index (χ4n) is 2.07. The fourth-order valence-corrected chi connectivity index (χ4v) is 2.07. The minimum Gasteiger partial charge on any atom is -0.378 e. The Morgan fingerprint density at radius 3 is 2.72 bits per heavy atom. The Bertz CT molecular complexity index is 534. The smallest absolute Gasteiger partial charge is 0.0485 e. The highest BCUT2D eigenvalue weighted by Gasteiger charge is 2.08. The van der Waals surface area contributed by atoms with Crippen LogP contribution in [0.25, 0.3) is 10.8 Å². The lowest BCUT2D eigenvalue weighted by Gasteiger charge is -2.15. The van der Waals surface area contributed by atoms with Crippen LogP contribution >= 0.6 is 0 Å². The molecule has 1 atom stereocenters. The zero-order valence-corrected chi connectivity index (χ0v) is 11.4. The SMILES string of the molecule is CC(CN)Cc1nccc2ccc(N(C)C)cc12. The van der Waals surface area contributed by atoms with E-state index in [-0.39, 0.29) is 0 Å². The van der Waals surface area contributed by atoms with Gasteiger partial charge >= 0.3 is 0 Å². The van der Waals surface area contributed by atoms with Gasteiger partial charge in [-0.1, -0.05) is 13.0 Å². The molecule has 0 fully saturated rings. The van der Waals surface area contributed by atoms with Crippen molar-refractivity contribution >= 4 is 16.5 Å². The number of rotatable bonds is 4. The molecule has 96 valence electrons. The van der Waals surface area contributed by atoms with E-state index in [1.54, 1.807) is 0 Å². The molecule has 0 aliphatic heterocycles. The highest BCUT2D eigenvalue weighted by atomic mass is 15.1. The molecule has 0 bridgehead atoms. The number of benzene rings is 1. The van der Waals surface area contributed by atoms with Crippen LogP contribution in [0.15, 0.2) is 30.5 Å². The maximum Gasteiger partial charge on any atom is 0.0485 e. The fraction of sp³-hybridized carbons (Fsp3) is 0.400. The van der Waals surface area contributed by atoms with E-state index in [0.717, 1.165) is 12.1 Å². The predicted molar refractivity (Wildman–Crippen MR) is 78.0 cm³/mol. The summed E-state index contributed by atoms with van der Waals surface area (Å²) in [6.07, 6.45) is 2.82. The molecule has 0 aliphatic carbocycles. The van der Waals surface area contributed by atoms with E-state index in [4.69, 9.17) is 5.73 Å². The zero-order chi connectivity index (χ0) is 13.1. The molecule has 0 saturated carbocycles. The molecule has 2 rings (SSSR count). The minimum absolute atomic E-state index is 0.464. The lowest BCUT2D eigenvalue weighted by atomic mass is 10.0. The predicted octanol–water partition coefficient (Wildman–Crippen LogP) is 2.44. The Hall–Kier alpha value is -1.61. The highest BCUT2D eigenvalue weighted by molar-refractivity contribution is 5.87. The van der Waals surface area contributed by atoms with Crippen molar-refractivity contribution in [2.75, 3.05) is 25.5 Å². The van der Waals surface area contributed by atoms with Gasteiger partial charge in [0.1, 0.15) is 0 Å². The summed E-state index contributed by atoms with van der Waals surface area (Å²) in [5.74, 6) is 0.464. The van der Waals surface area contributed by atoms with Crippen molar-refractivity contribution in [2.24, 2.45) is 11.7 Å². The molecule has 3 heteroatoms. The third-order valence-electron chi connectivity index (χ3n) is 3.29. The molecule has 3 nitrogen and oxygen atoms in total. The number of pyridine rings is 1. The van der Waals surface area contributed by atoms with Crippen LogP contribution < -0.4 is 10.6 Å². The van der Waals surface area contributed by atoms with E-state index in [9.17, 15) is 0 Å². The topological polar surface area (TPSA) is 42.1 Å². The van der Waals surface area contributed by atoms with Gasteiger partial charge in [0.25, 0.3) is 0 Å². The van der Waals surface area contributed by atoms with Crippen LogP contribution in [-0.2, 0) is 6.42 Å². The molecular formula is C15H21N3. The lowest BCUT2D eigenvalue weighted by Crippen LogP contribution is -2.14. The first kappa shape index (κ1) is 12.8. The second-order valence-electron chi connectivity index (χ2n) is 5.10.